The fourth-order valence-electron chi connectivity index (χ4n) is 4.30. The van der Waals surface area contributed by atoms with Gasteiger partial charge in [-0.3, -0.25) is 9.36 Å². The quantitative estimate of drug-likeness (QED) is 0.329. The van der Waals surface area contributed by atoms with Crippen LogP contribution in [0.1, 0.15) is 42.4 Å². The number of nitrogens with zero attached hydrogens (tertiary/aromatic N) is 3. The molecule has 37 heavy (non-hydrogen) atoms. The molecule has 192 valence electrons. The van der Waals surface area contributed by atoms with E-state index in [0.717, 1.165) is 17.2 Å². The smallest absolute Gasteiger partial charge is 0.315 e. The third-order valence-corrected chi connectivity index (χ3v) is 6.47. The predicted octanol–water partition coefficient (Wildman–Crippen LogP) is 6.64. The molecule has 0 spiro atoms. The zero-order valence-corrected chi connectivity index (χ0v) is 20.9. The number of alkyl halides is 3. The third-order valence-electron chi connectivity index (χ3n) is 6.47. The normalized spacial score (nSPS) is 12.4. The Labute approximate surface area is 212 Å². The molecule has 4 aromatic rings. The summed E-state index contributed by atoms with van der Waals surface area (Å²) >= 11 is 0. The minimum atomic E-state index is -4.63. The average Bonchev–Trinajstić information content (AvgIpc) is 2.86. The highest BCUT2D eigenvalue weighted by Gasteiger charge is 2.34. The van der Waals surface area contributed by atoms with E-state index < -0.39 is 23.8 Å². The van der Waals surface area contributed by atoms with Crippen molar-refractivity contribution < 1.29 is 18.0 Å². The second-order valence-corrected chi connectivity index (χ2v) is 8.83. The van der Waals surface area contributed by atoms with Crippen molar-refractivity contribution in [2.24, 2.45) is 0 Å². The van der Waals surface area contributed by atoms with E-state index in [2.05, 4.69) is 5.32 Å². The number of urea groups is 1. The van der Waals surface area contributed by atoms with Crippen LogP contribution in [0.2, 0.25) is 0 Å². The number of hydrogen-bond acceptors (Lipinski definition) is 3. The zero-order valence-electron chi connectivity index (χ0n) is 20.9. The summed E-state index contributed by atoms with van der Waals surface area (Å²) in [4.78, 5) is 33.0. The zero-order chi connectivity index (χ0) is 26.9. The van der Waals surface area contributed by atoms with Gasteiger partial charge in [-0.1, -0.05) is 30.3 Å². The number of aromatic nitrogens is 2. The Kier molecular flexibility index (Phi) is 7.07. The summed E-state index contributed by atoms with van der Waals surface area (Å²) in [6.07, 6.45) is -4.63. The lowest BCUT2D eigenvalue weighted by Crippen LogP contribution is -2.40. The number of fused-ring (bicyclic) bond motifs is 1. The molecule has 0 aliphatic heterocycles. The van der Waals surface area contributed by atoms with E-state index in [4.69, 9.17) is 4.98 Å². The minimum absolute atomic E-state index is 0.163. The number of para-hydroxylation sites is 2. The molecule has 0 aliphatic rings. The Morgan fingerprint density at radius 2 is 1.70 bits per heavy atom. The van der Waals surface area contributed by atoms with Gasteiger partial charge >= 0.3 is 12.2 Å². The van der Waals surface area contributed by atoms with Gasteiger partial charge in [0.25, 0.3) is 5.56 Å². The third kappa shape index (κ3) is 5.07. The molecule has 4 rings (SSSR count). The summed E-state index contributed by atoms with van der Waals surface area (Å²) in [5, 5.41) is 2.82. The summed E-state index contributed by atoms with van der Waals surface area (Å²) in [5.74, 6) is 0.299. The summed E-state index contributed by atoms with van der Waals surface area (Å²) in [7, 11) is 0. The molecule has 1 unspecified atom stereocenters. The molecule has 1 atom stereocenters. The fourth-order valence-corrected chi connectivity index (χ4v) is 4.30. The van der Waals surface area contributed by atoms with Crippen molar-refractivity contribution in [2.45, 2.75) is 39.9 Å². The van der Waals surface area contributed by atoms with Gasteiger partial charge in [0.05, 0.1) is 33.9 Å². The Hall–Kier alpha value is -4.14. The van der Waals surface area contributed by atoms with Crippen molar-refractivity contribution >= 4 is 22.6 Å². The average molecular weight is 509 g/mol. The van der Waals surface area contributed by atoms with Crippen LogP contribution in [0.4, 0.5) is 23.7 Å². The number of amides is 2. The van der Waals surface area contributed by atoms with Gasteiger partial charge in [0.15, 0.2) is 0 Å². The highest BCUT2D eigenvalue weighted by molar-refractivity contribution is 5.90. The molecule has 0 bridgehead atoms. The first-order valence-electron chi connectivity index (χ1n) is 11.9. The number of nitrogens with one attached hydrogen (secondary N) is 1. The maximum Gasteiger partial charge on any atom is 0.418 e. The number of hydrogen-bond donors (Lipinski definition) is 1. The number of halogens is 3. The molecule has 2 amide bonds. The van der Waals surface area contributed by atoms with E-state index in [1.54, 1.807) is 38.1 Å². The van der Waals surface area contributed by atoms with Gasteiger partial charge in [-0.25, -0.2) is 9.78 Å². The molecular formula is C28H27F3N4O2. The molecule has 0 radical (unpaired) electrons. The monoisotopic (exact) mass is 508 g/mol. The van der Waals surface area contributed by atoms with E-state index >= 15 is 0 Å². The number of carbonyl (C=O) groups is 1. The van der Waals surface area contributed by atoms with Crippen LogP contribution in [0.3, 0.4) is 0 Å². The second-order valence-electron chi connectivity index (χ2n) is 8.83. The lowest BCUT2D eigenvalue weighted by molar-refractivity contribution is -0.136. The maximum absolute atomic E-state index is 13.7. The number of rotatable bonds is 5. The van der Waals surface area contributed by atoms with Crippen molar-refractivity contribution in [3.8, 4) is 5.69 Å². The van der Waals surface area contributed by atoms with Gasteiger partial charge in [-0.15, -0.1) is 0 Å². The lowest BCUT2D eigenvalue weighted by Gasteiger charge is -2.30. The fraction of sp³-hybridized carbons (Fsp3) is 0.250. The van der Waals surface area contributed by atoms with Crippen molar-refractivity contribution in [2.75, 3.05) is 11.9 Å². The van der Waals surface area contributed by atoms with Crippen LogP contribution in [-0.4, -0.2) is 27.0 Å². The molecule has 0 aliphatic carbocycles. The first-order chi connectivity index (χ1) is 17.5. The molecule has 6 nitrogen and oxygen atoms in total. The van der Waals surface area contributed by atoms with E-state index in [0.29, 0.717) is 22.4 Å². The molecule has 1 N–H and O–H groups in total. The Morgan fingerprint density at radius 1 is 1.03 bits per heavy atom. The van der Waals surface area contributed by atoms with Gasteiger partial charge in [-0.05, 0) is 75.2 Å². The van der Waals surface area contributed by atoms with Crippen LogP contribution in [0.5, 0.6) is 0 Å². The second kappa shape index (κ2) is 10.1. The van der Waals surface area contributed by atoms with Gasteiger partial charge < -0.3 is 10.2 Å². The van der Waals surface area contributed by atoms with Gasteiger partial charge in [0.1, 0.15) is 5.82 Å². The van der Waals surface area contributed by atoms with E-state index in [-0.39, 0.29) is 17.8 Å². The van der Waals surface area contributed by atoms with Gasteiger partial charge in [0, 0.05) is 6.54 Å². The van der Waals surface area contributed by atoms with Gasteiger partial charge in [0.2, 0.25) is 0 Å². The summed E-state index contributed by atoms with van der Waals surface area (Å²) in [6.45, 7) is 7.48. The predicted molar refractivity (Wildman–Crippen MR) is 138 cm³/mol. The van der Waals surface area contributed by atoms with E-state index in [1.807, 2.05) is 32.0 Å². The molecule has 1 aromatic heterocycles. The first kappa shape index (κ1) is 25.9. The number of anilines is 1. The standard InChI is InChI=1S/C28H27F3N4O2/c1-5-34(27(37)33-24-13-9-7-11-22(24)28(29,30)31)19(4)25-32-23-12-8-6-10-21(23)26(36)35(25)20-15-14-17(2)18(3)16-20/h6-16,19H,5H2,1-4H3,(H,33,37). The largest absolute Gasteiger partial charge is 0.418 e. The van der Waals surface area contributed by atoms with Crippen LogP contribution in [0, 0.1) is 13.8 Å². The number of benzene rings is 3. The van der Waals surface area contributed by atoms with Crippen LogP contribution in [0.15, 0.2) is 71.5 Å². The Bertz CT molecular complexity index is 1530. The van der Waals surface area contributed by atoms with Crippen LogP contribution >= 0.6 is 0 Å². The van der Waals surface area contributed by atoms with Crippen molar-refractivity contribution in [1.82, 2.24) is 14.5 Å². The van der Waals surface area contributed by atoms with Crippen molar-refractivity contribution in [3.05, 3.63) is 99.6 Å². The summed E-state index contributed by atoms with van der Waals surface area (Å²) in [5.41, 5.74) is 1.50. The maximum atomic E-state index is 13.7. The van der Waals surface area contributed by atoms with Crippen LogP contribution in [-0.2, 0) is 6.18 Å². The van der Waals surface area contributed by atoms with E-state index in [1.165, 1.54) is 27.7 Å². The molecule has 1 heterocycles. The summed E-state index contributed by atoms with van der Waals surface area (Å²) in [6, 6.07) is 15.8. The highest BCUT2D eigenvalue weighted by Crippen LogP contribution is 2.35. The van der Waals surface area contributed by atoms with Crippen LogP contribution in [0.25, 0.3) is 16.6 Å². The minimum Gasteiger partial charge on any atom is -0.315 e. The number of aryl methyl sites for hydroxylation is 2. The summed E-state index contributed by atoms with van der Waals surface area (Å²) < 4.78 is 41.9. The molecule has 0 saturated carbocycles. The Balaban J connectivity index is 1.82. The molecule has 3 aromatic carbocycles. The van der Waals surface area contributed by atoms with E-state index in [9.17, 15) is 22.8 Å². The number of carbonyl (C=O) groups excluding carboxylic acids is 1. The van der Waals surface area contributed by atoms with Crippen LogP contribution < -0.4 is 10.9 Å². The molecule has 0 fully saturated rings. The topological polar surface area (TPSA) is 67.2 Å². The van der Waals surface area contributed by atoms with Gasteiger partial charge in [-0.2, -0.15) is 13.2 Å². The van der Waals surface area contributed by atoms with Crippen molar-refractivity contribution in [3.63, 3.8) is 0 Å². The molecule has 9 heteroatoms. The molecular weight excluding hydrogens is 481 g/mol. The lowest BCUT2D eigenvalue weighted by atomic mass is 10.1. The Morgan fingerprint density at radius 3 is 2.38 bits per heavy atom. The SMILES string of the molecule is CCN(C(=O)Nc1ccccc1C(F)(F)F)C(C)c1nc2ccccc2c(=O)n1-c1ccc(C)c(C)c1. The van der Waals surface area contributed by atoms with Crippen molar-refractivity contribution in [1.29, 1.82) is 0 Å². The first-order valence-corrected chi connectivity index (χ1v) is 11.9. The highest BCUT2D eigenvalue weighted by atomic mass is 19.4. The molecule has 0 saturated heterocycles.